The van der Waals surface area contributed by atoms with Gasteiger partial charge in [0.25, 0.3) is 0 Å². The van der Waals surface area contributed by atoms with Crippen LogP contribution < -0.4 is 4.90 Å². The fourth-order valence-electron chi connectivity index (χ4n) is 2.05. The highest BCUT2D eigenvalue weighted by Crippen LogP contribution is 2.25. The lowest BCUT2D eigenvalue weighted by Gasteiger charge is -2.35. The van der Waals surface area contributed by atoms with Crippen LogP contribution in [0.15, 0.2) is 5.38 Å². The van der Waals surface area contributed by atoms with Gasteiger partial charge in [-0.05, 0) is 26.9 Å². The van der Waals surface area contributed by atoms with Crippen LogP contribution in [0.3, 0.4) is 0 Å². The van der Waals surface area contributed by atoms with E-state index in [1.54, 1.807) is 11.3 Å². The summed E-state index contributed by atoms with van der Waals surface area (Å²) in [5, 5.41) is 3.18. The van der Waals surface area contributed by atoms with E-state index in [9.17, 15) is 0 Å². The van der Waals surface area contributed by atoms with E-state index in [1.165, 1.54) is 12.8 Å². The van der Waals surface area contributed by atoms with Crippen molar-refractivity contribution in [3.8, 4) is 0 Å². The molecule has 1 atom stereocenters. The third-order valence-corrected chi connectivity index (χ3v) is 4.30. The molecular weight excluding hydrogens is 242 g/mol. The summed E-state index contributed by atoms with van der Waals surface area (Å²) in [4.78, 5) is 9.23. The van der Waals surface area contributed by atoms with Gasteiger partial charge in [-0.25, -0.2) is 4.98 Å². The summed E-state index contributed by atoms with van der Waals surface area (Å²) in [5.74, 6) is 0.515. The van der Waals surface area contributed by atoms with Gasteiger partial charge in [0.05, 0.1) is 11.6 Å². The molecule has 0 radical (unpaired) electrons. The minimum Gasteiger partial charge on any atom is -0.347 e. The Bertz CT molecular complexity index is 340. The van der Waals surface area contributed by atoms with Crippen molar-refractivity contribution in [2.24, 2.45) is 0 Å². The zero-order valence-corrected chi connectivity index (χ0v) is 11.4. The third-order valence-electron chi connectivity index (χ3n) is 3.07. The van der Waals surface area contributed by atoms with Gasteiger partial charge in [0, 0.05) is 24.5 Å². The largest absolute Gasteiger partial charge is 0.347 e. The maximum atomic E-state index is 5.78. The Morgan fingerprint density at radius 1 is 1.62 bits per heavy atom. The number of alkyl halides is 1. The van der Waals surface area contributed by atoms with Gasteiger partial charge >= 0.3 is 0 Å². The van der Waals surface area contributed by atoms with Crippen molar-refractivity contribution < 1.29 is 0 Å². The monoisotopic (exact) mass is 259 g/mol. The van der Waals surface area contributed by atoms with E-state index in [-0.39, 0.29) is 0 Å². The fourth-order valence-corrected chi connectivity index (χ4v) is 3.14. The Hall–Kier alpha value is -0.320. The molecule has 2 heterocycles. The number of nitrogens with zero attached hydrogens (tertiary/aromatic N) is 3. The Morgan fingerprint density at radius 3 is 3.06 bits per heavy atom. The molecule has 5 heteroatoms. The number of aromatic nitrogens is 1. The van der Waals surface area contributed by atoms with Crippen molar-refractivity contribution >= 4 is 28.1 Å². The van der Waals surface area contributed by atoms with Gasteiger partial charge in [-0.2, -0.15) is 0 Å². The maximum Gasteiger partial charge on any atom is 0.185 e. The van der Waals surface area contributed by atoms with Crippen LogP contribution in [-0.2, 0) is 5.88 Å². The molecule has 0 aliphatic carbocycles. The van der Waals surface area contributed by atoms with Gasteiger partial charge in [0.15, 0.2) is 5.13 Å². The van der Waals surface area contributed by atoms with E-state index in [0.717, 1.165) is 23.9 Å². The standard InChI is InChI=1S/C11H18ClN3S/c1-14(2)10-4-3-5-15(7-10)11-13-9(6-12)8-16-11/h8,10H,3-7H2,1-2H3. The van der Waals surface area contributed by atoms with Crippen molar-refractivity contribution in [2.75, 3.05) is 32.1 Å². The second-order valence-corrected chi connectivity index (χ2v) is 5.56. The first-order valence-electron chi connectivity index (χ1n) is 5.62. The van der Waals surface area contributed by atoms with Crippen molar-refractivity contribution in [2.45, 2.75) is 24.8 Å². The van der Waals surface area contributed by atoms with Crippen LogP contribution in [0, 0.1) is 0 Å². The lowest BCUT2D eigenvalue weighted by Crippen LogP contribution is -2.45. The first-order valence-corrected chi connectivity index (χ1v) is 7.04. The van der Waals surface area contributed by atoms with E-state index in [4.69, 9.17) is 11.6 Å². The first kappa shape index (κ1) is 12.1. The van der Waals surface area contributed by atoms with Crippen LogP contribution in [-0.4, -0.2) is 43.1 Å². The number of thiazole rings is 1. The van der Waals surface area contributed by atoms with Gasteiger partial charge in [-0.3, -0.25) is 0 Å². The molecule has 0 bridgehead atoms. The van der Waals surface area contributed by atoms with E-state index in [1.807, 2.05) is 0 Å². The molecule has 90 valence electrons. The lowest BCUT2D eigenvalue weighted by molar-refractivity contribution is 0.258. The molecule has 1 aromatic heterocycles. The van der Waals surface area contributed by atoms with E-state index in [0.29, 0.717) is 11.9 Å². The van der Waals surface area contributed by atoms with Gasteiger partial charge < -0.3 is 9.80 Å². The summed E-state index contributed by atoms with van der Waals surface area (Å²) in [7, 11) is 4.31. The van der Waals surface area contributed by atoms with Crippen molar-refractivity contribution in [3.63, 3.8) is 0 Å². The van der Waals surface area contributed by atoms with Crippen LogP contribution in [0.1, 0.15) is 18.5 Å². The third kappa shape index (κ3) is 2.67. The van der Waals surface area contributed by atoms with Crippen molar-refractivity contribution in [1.29, 1.82) is 0 Å². The molecule has 1 saturated heterocycles. The molecule has 0 N–H and O–H groups in total. The van der Waals surface area contributed by atoms with Crippen LogP contribution in [0.2, 0.25) is 0 Å². The molecule has 0 aromatic carbocycles. The molecule has 0 amide bonds. The summed E-state index contributed by atoms with van der Waals surface area (Å²) < 4.78 is 0. The van der Waals surface area contributed by atoms with Gasteiger partial charge in [-0.1, -0.05) is 0 Å². The number of anilines is 1. The number of likely N-dealkylation sites (N-methyl/N-ethyl adjacent to an activating group) is 1. The summed E-state index contributed by atoms with van der Waals surface area (Å²) in [5.41, 5.74) is 0.994. The van der Waals surface area contributed by atoms with E-state index >= 15 is 0 Å². The van der Waals surface area contributed by atoms with Crippen LogP contribution in [0.25, 0.3) is 0 Å². The Balaban J connectivity index is 2.03. The molecule has 0 spiro atoms. The smallest absolute Gasteiger partial charge is 0.185 e. The average Bonchev–Trinajstić information content (AvgIpc) is 2.77. The highest BCUT2D eigenvalue weighted by atomic mass is 35.5. The molecular formula is C11H18ClN3S. The quantitative estimate of drug-likeness (QED) is 0.778. The Kier molecular flexibility index (Phi) is 4.05. The minimum absolute atomic E-state index is 0.515. The van der Waals surface area contributed by atoms with E-state index < -0.39 is 0 Å². The van der Waals surface area contributed by atoms with Gasteiger partial charge in [0.2, 0.25) is 0 Å². The predicted molar refractivity (Wildman–Crippen MR) is 70.6 cm³/mol. The normalized spacial score (nSPS) is 21.8. The van der Waals surface area contributed by atoms with Crippen molar-refractivity contribution in [1.82, 2.24) is 9.88 Å². The molecule has 0 saturated carbocycles. The summed E-state index contributed by atoms with van der Waals surface area (Å²) in [6.45, 7) is 2.21. The van der Waals surface area contributed by atoms with E-state index in [2.05, 4.69) is 34.3 Å². The minimum atomic E-state index is 0.515. The average molecular weight is 260 g/mol. The first-order chi connectivity index (χ1) is 7.70. The molecule has 3 nitrogen and oxygen atoms in total. The number of halogens is 1. The van der Waals surface area contributed by atoms with Crippen molar-refractivity contribution in [3.05, 3.63) is 11.1 Å². The fraction of sp³-hybridized carbons (Fsp3) is 0.727. The number of hydrogen-bond acceptors (Lipinski definition) is 4. The second kappa shape index (κ2) is 5.34. The molecule has 1 aliphatic heterocycles. The van der Waals surface area contributed by atoms with Gasteiger partial charge in [-0.15, -0.1) is 22.9 Å². The van der Waals surface area contributed by atoms with Crippen LogP contribution in [0.5, 0.6) is 0 Å². The number of hydrogen-bond donors (Lipinski definition) is 0. The number of piperidine rings is 1. The SMILES string of the molecule is CN(C)C1CCCN(c2nc(CCl)cs2)C1. The molecule has 1 aliphatic rings. The summed E-state index contributed by atoms with van der Waals surface area (Å²) in [6.07, 6.45) is 2.54. The number of rotatable bonds is 3. The molecule has 2 rings (SSSR count). The zero-order chi connectivity index (χ0) is 11.5. The zero-order valence-electron chi connectivity index (χ0n) is 9.82. The molecule has 16 heavy (non-hydrogen) atoms. The maximum absolute atomic E-state index is 5.78. The molecule has 1 unspecified atom stereocenters. The van der Waals surface area contributed by atoms with Gasteiger partial charge in [0.1, 0.15) is 0 Å². The highest BCUT2D eigenvalue weighted by molar-refractivity contribution is 7.13. The summed E-state index contributed by atoms with van der Waals surface area (Å²) in [6, 6.07) is 0.650. The van der Waals surface area contributed by atoms with Crippen LogP contribution >= 0.6 is 22.9 Å². The summed E-state index contributed by atoms with van der Waals surface area (Å²) >= 11 is 7.48. The second-order valence-electron chi connectivity index (χ2n) is 4.46. The predicted octanol–water partition coefficient (Wildman–Crippen LogP) is 2.41. The van der Waals surface area contributed by atoms with Crippen LogP contribution in [0.4, 0.5) is 5.13 Å². The molecule has 1 aromatic rings. The Labute approximate surface area is 106 Å². The topological polar surface area (TPSA) is 19.4 Å². The molecule has 1 fully saturated rings. The lowest BCUT2D eigenvalue weighted by atomic mass is 10.1. The Morgan fingerprint density at radius 2 is 2.44 bits per heavy atom. The highest BCUT2D eigenvalue weighted by Gasteiger charge is 2.23.